The van der Waals surface area contributed by atoms with E-state index in [0.29, 0.717) is 0 Å². The Bertz CT molecular complexity index is 5410. The number of ether oxygens (including phenoxy) is 2. The first-order valence-electron chi connectivity index (χ1n) is 30.5. The van der Waals surface area contributed by atoms with E-state index < -0.39 is 0 Å². The first-order valence-corrected chi connectivity index (χ1v) is 30.5. The predicted molar refractivity (Wildman–Crippen MR) is 372 cm³/mol. The third kappa shape index (κ3) is 7.52. The molecule has 89 heavy (non-hydrogen) atoms. The third-order valence-corrected chi connectivity index (χ3v) is 18.7. The molecule has 0 fully saturated rings. The second-order valence-corrected chi connectivity index (χ2v) is 23.5. The van der Waals surface area contributed by atoms with Crippen molar-refractivity contribution in [1.82, 2.24) is 9.13 Å². The van der Waals surface area contributed by atoms with Gasteiger partial charge in [0.2, 0.25) is 0 Å². The minimum Gasteiger partial charge on any atom is -0.458 e. The molecule has 0 atom stereocenters. The molecule has 0 saturated heterocycles. The Morgan fingerprint density at radius 2 is 0.640 bits per heavy atom. The van der Waals surface area contributed by atoms with Gasteiger partial charge in [-0.15, -0.1) is 0 Å². The topological polar surface area (TPSA) is 34.8 Å². The highest BCUT2D eigenvalue weighted by Crippen LogP contribution is 2.50. The van der Waals surface area contributed by atoms with Crippen molar-refractivity contribution in [3.8, 4) is 34.4 Å². The zero-order valence-corrected chi connectivity index (χ0v) is 48.1. The molecule has 2 aromatic heterocycles. The maximum absolute atomic E-state index is 7.24. The number of para-hydroxylation sites is 4. The average molecular weight is 1140 g/mol. The number of hydrogen-bond donors (Lipinski definition) is 0. The van der Waals surface area contributed by atoms with Gasteiger partial charge < -0.3 is 28.4 Å². The molecule has 6 nitrogen and oxygen atoms in total. The fraction of sp³-hybridized carbons (Fsp3) is 0. The lowest BCUT2D eigenvalue weighted by atomic mass is 9.35. The number of benzene rings is 15. The van der Waals surface area contributed by atoms with E-state index in [0.717, 1.165) is 139 Å². The van der Waals surface area contributed by atoms with Crippen LogP contribution < -0.4 is 35.7 Å². The van der Waals surface area contributed by atoms with Gasteiger partial charge in [0.15, 0.2) is 0 Å². The zero-order chi connectivity index (χ0) is 58.3. The van der Waals surface area contributed by atoms with Crippen molar-refractivity contribution in [2.45, 2.75) is 0 Å². The lowest BCUT2D eigenvalue weighted by Crippen LogP contribution is -2.57. The van der Waals surface area contributed by atoms with Crippen molar-refractivity contribution in [3.63, 3.8) is 0 Å². The molecule has 0 saturated carbocycles. The number of anilines is 6. The van der Waals surface area contributed by atoms with Gasteiger partial charge in [-0.1, -0.05) is 188 Å². The Hall–Kier alpha value is -11.8. The molecular weight excluding hydrogens is 1080 g/mol. The number of hydrogen-bond acceptors (Lipinski definition) is 4. The van der Waals surface area contributed by atoms with Gasteiger partial charge >= 0.3 is 0 Å². The highest BCUT2D eigenvalue weighted by Gasteiger charge is 2.42. The molecule has 15 aromatic carbocycles. The van der Waals surface area contributed by atoms with Gasteiger partial charge in [0.1, 0.15) is 23.0 Å². The fourth-order valence-electron chi connectivity index (χ4n) is 14.9. The van der Waals surface area contributed by atoms with Crippen LogP contribution in [0.3, 0.4) is 0 Å². The second-order valence-electron chi connectivity index (χ2n) is 23.5. The van der Waals surface area contributed by atoms with E-state index >= 15 is 0 Å². The molecular formula is C82H51BN4O2. The van der Waals surface area contributed by atoms with E-state index in [9.17, 15) is 0 Å². The minimum absolute atomic E-state index is 0.241. The van der Waals surface area contributed by atoms with E-state index in [-0.39, 0.29) is 6.71 Å². The largest absolute Gasteiger partial charge is 0.458 e. The summed E-state index contributed by atoms with van der Waals surface area (Å²) in [5, 5.41) is 14.0. The lowest BCUT2D eigenvalue weighted by Gasteiger charge is -2.33. The van der Waals surface area contributed by atoms with Crippen LogP contribution in [0, 0.1) is 0 Å². The molecule has 2 aliphatic rings. The Balaban J connectivity index is 0.872. The Morgan fingerprint density at radius 1 is 0.258 bits per heavy atom. The van der Waals surface area contributed by atoms with Crippen LogP contribution in [0.2, 0.25) is 0 Å². The summed E-state index contributed by atoms with van der Waals surface area (Å²) >= 11 is 0. The van der Waals surface area contributed by atoms with E-state index in [4.69, 9.17) is 9.47 Å². The van der Waals surface area contributed by atoms with Crippen LogP contribution >= 0.6 is 0 Å². The molecule has 0 radical (unpaired) electrons. The quantitative estimate of drug-likeness (QED) is 0.142. The normalized spacial score (nSPS) is 12.4. The molecule has 0 bridgehead atoms. The van der Waals surface area contributed by atoms with Gasteiger partial charge in [-0.25, -0.2) is 0 Å². The molecule has 17 aromatic rings. The SMILES string of the molecule is c1ccc(N(c2ccc3ccccc3c2)c2cc3c(c4ccccc24)c2cc4c(cc2n3-c2ccccc2)B2c3cc5c(cc3Oc3cccc(c32)O4)c2c3ccccc3c(N(c3ccccc3)c3ccc4ccccc4c3)cc2n5-c2ccccc2)cc1. The van der Waals surface area contributed by atoms with Crippen LogP contribution in [-0.2, 0) is 0 Å². The minimum atomic E-state index is -0.241. The molecule has 0 N–H and O–H groups in total. The maximum Gasteiger partial charge on any atom is 0.260 e. The van der Waals surface area contributed by atoms with Crippen LogP contribution in [-0.4, -0.2) is 15.8 Å². The van der Waals surface area contributed by atoms with E-state index in [1.165, 1.54) is 32.3 Å². The maximum atomic E-state index is 7.24. The summed E-state index contributed by atoms with van der Waals surface area (Å²) in [6, 6.07) is 113. The van der Waals surface area contributed by atoms with E-state index in [2.05, 4.69) is 328 Å². The molecule has 2 aliphatic heterocycles. The Kier molecular flexibility index (Phi) is 10.8. The first kappa shape index (κ1) is 49.5. The number of rotatable bonds is 8. The molecule has 4 heterocycles. The van der Waals surface area contributed by atoms with E-state index in [1.807, 2.05) is 0 Å². The summed E-state index contributed by atoms with van der Waals surface area (Å²) in [6.45, 7) is -0.241. The second kappa shape index (κ2) is 19.4. The van der Waals surface area contributed by atoms with Crippen LogP contribution in [0.25, 0.3) is 98.1 Å². The summed E-state index contributed by atoms with van der Waals surface area (Å²) in [7, 11) is 0. The van der Waals surface area contributed by atoms with Crippen LogP contribution in [0.15, 0.2) is 309 Å². The third-order valence-electron chi connectivity index (χ3n) is 18.7. The molecule has 0 aliphatic carbocycles. The van der Waals surface area contributed by atoms with Crippen molar-refractivity contribution in [2.75, 3.05) is 9.80 Å². The summed E-state index contributed by atoms with van der Waals surface area (Å²) in [5.74, 6) is 3.26. The smallest absolute Gasteiger partial charge is 0.260 e. The van der Waals surface area contributed by atoms with Gasteiger partial charge in [0, 0.05) is 71.9 Å². The average Bonchev–Trinajstić information content (AvgIpc) is 1.65. The van der Waals surface area contributed by atoms with Crippen molar-refractivity contribution in [1.29, 1.82) is 0 Å². The van der Waals surface area contributed by atoms with Crippen LogP contribution in [0.4, 0.5) is 34.1 Å². The monoisotopic (exact) mass is 1130 g/mol. The molecule has 414 valence electrons. The summed E-state index contributed by atoms with van der Waals surface area (Å²) in [6.07, 6.45) is 0. The molecule has 0 spiro atoms. The lowest BCUT2D eigenvalue weighted by molar-refractivity contribution is 0.465. The first-order chi connectivity index (χ1) is 44.1. The zero-order valence-electron chi connectivity index (χ0n) is 48.1. The van der Waals surface area contributed by atoms with Crippen molar-refractivity contribution in [3.05, 3.63) is 309 Å². The van der Waals surface area contributed by atoms with Crippen molar-refractivity contribution >= 4 is 144 Å². The molecule has 0 amide bonds. The van der Waals surface area contributed by atoms with Crippen molar-refractivity contribution < 1.29 is 9.47 Å². The van der Waals surface area contributed by atoms with Gasteiger partial charge in [0.25, 0.3) is 6.71 Å². The molecule has 19 rings (SSSR count). The number of aromatic nitrogens is 2. The summed E-state index contributed by atoms with van der Waals surface area (Å²) in [5.41, 5.74) is 16.2. The molecule has 7 heteroatoms. The summed E-state index contributed by atoms with van der Waals surface area (Å²) in [4.78, 5) is 4.85. The van der Waals surface area contributed by atoms with Gasteiger partial charge in [-0.05, 0) is 165 Å². The van der Waals surface area contributed by atoms with Gasteiger partial charge in [-0.3, -0.25) is 0 Å². The Morgan fingerprint density at radius 3 is 1.08 bits per heavy atom. The number of fused-ring (bicyclic) bond motifs is 16. The fourth-order valence-corrected chi connectivity index (χ4v) is 14.9. The van der Waals surface area contributed by atoms with Crippen molar-refractivity contribution in [2.24, 2.45) is 0 Å². The Labute approximate surface area is 513 Å². The van der Waals surface area contributed by atoms with Crippen LogP contribution in [0.1, 0.15) is 0 Å². The number of nitrogens with zero attached hydrogens (tertiary/aromatic N) is 4. The van der Waals surface area contributed by atoms with Gasteiger partial charge in [0.05, 0.1) is 33.4 Å². The van der Waals surface area contributed by atoms with Crippen LogP contribution in [0.5, 0.6) is 23.0 Å². The molecule has 0 unspecified atom stereocenters. The predicted octanol–water partition coefficient (Wildman–Crippen LogP) is 20.2. The summed E-state index contributed by atoms with van der Waals surface area (Å²) < 4.78 is 19.4. The highest BCUT2D eigenvalue weighted by atomic mass is 16.5. The van der Waals surface area contributed by atoms with Gasteiger partial charge in [-0.2, -0.15) is 0 Å². The van der Waals surface area contributed by atoms with E-state index in [1.54, 1.807) is 0 Å². The highest BCUT2D eigenvalue weighted by molar-refractivity contribution is 6.98. The standard InChI is InChI=1S/C82H51BN4O2/c1-5-26-56(27-6-1)84(60-42-40-52-22-13-15-24-54(52)44-60)72-50-74-80(64-36-19-17-34-62(64)72)66-46-78-68(48-70(66)86(74)58-30-9-3-10-31-58)83-69-49-71-67(47-79(69)89-77-39-21-38-76(88-78)82(77)83)81-65-37-20-18-35-63(65)73(51-75(81)87(71)59-32-11-4-12-33-59)85(57-28-7-2-8-29-57)61-43-41-53-23-14-16-25-55(53)45-61/h1-51H.